The minimum atomic E-state index is -3.00. The van der Waals surface area contributed by atoms with Crippen molar-refractivity contribution in [2.75, 3.05) is 12.4 Å². The number of sulfone groups is 1. The summed E-state index contributed by atoms with van der Waals surface area (Å²) in [5, 5.41) is -0.333. The Morgan fingerprint density at radius 2 is 2.14 bits per heavy atom. The van der Waals surface area contributed by atoms with E-state index in [0.717, 1.165) is 41.5 Å². The van der Waals surface area contributed by atoms with Gasteiger partial charge >= 0.3 is 0 Å². The van der Waals surface area contributed by atoms with Gasteiger partial charge in [0.25, 0.3) is 0 Å². The van der Waals surface area contributed by atoms with E-state index in [1.165, 1.54) is 0 Å². The fourth-order valence-electron chi connectivity index (χ4n) is 2.54. The highest BCUT2D eigenvalue weighted by molar-refractivity contribution is 9.10. The Kier molecular flexibility index (Phi) is 6.15. The number of benzene rings is 1. The van der Waals surface area contributed by atoms with Crippen molar-refractivity contribution in [3.8, 4) is 5.75 Å². The van der Waals surface area contributed by atoms with Gasteiger partial charge in [0, 0.05) is 0 Å². The lowest BCUT2D eigenvalue weighted by atomic mass is 10.1. The van der Waals surface area contributed by atoms with Gasteiger partial charge in [0.2, 0.25) is 0 Å². The molecule has 3 nitrogen and oxygen atoms in total. The monoisotopic (exact) mass is 438 g/mol. The van der Waals surface area contributed by atoms with Crippen LogP contribution in [0.2, 0.25) is 0 Å². The quantitative estimate of drug-likeness (QED) is 0.627. The summed E-state index contributed by atoms with van der Waals surface area (Å²) >= 11 is 7.10. The second kappa shape index (κ2) is 7.47. The summed E-state index contributed by atoms with van der Waals surface area (Å²) in [6, 6.07) is 5.80. The van der Waals surface area contributed by atoms with Crippen LogP contribution in [0.4, 0.5) is 0 Å². The second-order valence-corrected chi connectivity index (χ2v) is 9.52. The third-order valence-corrected chi connectivity index (χ3v) is 8.12. The van der Waals surface area contributed by atoms with Gasteiger partial charge in [-0.2, -0.15) is 0 Å². The fraction of sp³-hybridized carbons (Fsp3) is 0.600. The molecule has 1 aromatic carbocycles. The summed E-state index contributed by atoms with van der Waals surface area (Å²) in [6.45, 7) is 2.73. The van der Waals surface area contributed by atoms with Crippen LogP contribution in [0.1, 0.15) is 43.0 Å². The highest BCUT2D eigenvalue weighted by Crippen LogP contribution is 2.39. The van der Waals surface area contributed by atoms with Crippen LogP contribution in [0.25, 0.3) is 0 Å². The molecule has 1 aromatic rings. The lowest BCUT2D eigenvalue weighted by Crippen LogP contribution is -2.31. The van der Waals surface area contributed by atoms with E-state index < -0.39 is 9.84 Å². The minimum absolute atomic E-state index is 0.167. The van der Waals surface area contributed by atoms with Crippen LogP contribution in [-0.4, -0.2) is 26.0 Å². The maximum Gasteiger partial charge on any atom is 0.154 e. The standard InChI is InChI=1S/C15H20Br2O3S/c1-2-8-20-13-7-6-11(10-12(13)16)15(17)14-5-3-4-9-21(14,18)19/h6-7,10,14-15H,2-5,8-9H2,1H3. The third-order valence-electron chi connectivity index (χ3n) is 3.69. The van der Waals surface area contributed by atoms with Crippen LogP contribution in [0.3, 0.4) is 0 Å². The van der Waals surface area contributed by atoms with E-state index in [-0.39, 0.29) is 10.1 Å². The first-order valence-corrected chi connectivity index (χ1v) is 10.7. The van der Waals surface area contributed by atoms with Gasteiger partial charge in [-0.15, -0.1) is 0 Å². The zero-order valence-electron chi connectivity index (χ0n) is 12.0. The van der Waals surface area contributed by atoms with E-state index in [2.05, 4.69) is 38.8 Å². The van der Waals surface area contributed by atoms with E-state index >= 15 is 0 Å². The lowest BCUT2D eigenvalue weighted by Gasteiger charge is -2.27. The first-order valence-electron chi connectivity index (χ1n) is 7.23. The van der Waals surface area contributed by atoms with Crippen LogP contribution >= 0.6 is 31.9 Å². The van der Waals surface area contributed by atoms with Crippen molar-refractivity contribution < 1.29 is 13.2 Å². The van der Waals surface area contributed by atoms with E-state index in [1.54, 1.807) is 0 Å². The summed E-state index contributed by atoms with van der Waals surface area (Å²) < 4.78 is 30.9. The highest BCUT2D eigenvalue weighted by Gasteiger charge is 2.35. The zero-order valence-corrected chi connectivity index (χ0v) is 16.0. The Labute approximate surface area is 143 Å². The zero-order chi connectivity index (χ0) is 15.5. The van der Waals surface area contributed by atoms with Crippen molar-refractivity contribution in [1.82, 2.24) is 0 Å². The Bertz CT molecular complexity index is 587. The van der Waals surface area contributed by atoms with Crippen LogP contribution in [0, 0.1) is 0 Å². The molecule has 21 heavy (non-hydrogen) atoms. The fourth-order valence-corrected chi connectivity index (χ4v) is 6.54. The number of rotatable bonds is 5. The van der Waals surface area contributed by atoms with Gasteiger partial charge in [0.15, 0.2) is 9.84 Å². The second-order valence-electron chi connectivity index (χ2n) is 5.34. The van der Waals surface area contributed by atoms with Crippen molar-refractivity contribution in [1.29, 1.82) is 0 Å². The molecule has 0 radical (unpaired) electrons. The molecule has 2 rings (SSSR count). The van der Waals surface area contributed by atoms with Gasteiger partial charge in [0.05, 0.1) is 26.9 Å². The molecule has 0 saturated carbocycles. The van der Waals surface area contributed by atoms with Gasteiger partial charge < -0.3 is 4.74 Å². The van der Waals surface area contributed by atoms with Crippen molar-refractivity contribution >= 4 is 41.7 Å². The number of hydrogen-bond acceptors (Lipinski definition) is 3. The van der Waals surface area contributed by atoms with Crippen molar-refractivity contribution in [2.24, 2.45) is 0 Å². The molecular weight excluding hydrogens is 420 g/mol. The van der Waals surface area contributed by atoms with E-state index in [0.29, 0.717) is 12.4 Å². The molecule has 1 aliphatic heterocycles. The molecular formula is C15H20Br2O3S. The summed E-state index contributed by atoms with van der Waals surface area (Å²) in [4.78, 5) is -0.167. The average Bonchev–Trinajstić information content (AvgIpc) is 2.45. The Morgan fingerprint density at radius 3 is 2.76 bits per heavy atom. The van der Waals surface area contributed by atoms with Gasteiger partial charge in [-0.05, 0) is 52.9 Å². The number of ether oxygens (including phenoxy) is 1. The van der Waals surface area contributed by atoms with E-state index in [4.69, 9.17) is 4.74 Å². The van der Waals surface area contributed by atoms with Crippen LogP contribution in [0.5, 0.6) is 5.75 Å². The third kappa shape index (κ3) is 4.23. The molecule has 0 bridgehead atoms. The summed E-state index contributed by atoms with van der Waals surface area (Å²) in [6.07, 6.45) is 3.44. The molecule has 0 amide bonds. The average molecular weight is 440 g/mol. The molecule has 2 unspecified atom stereocenters. The molecule has 0 aromatic heterocycles. The number of alkyl halides is 1. The smallest absolute Gasteiger partial charge is 0.154 e. The maximum atomic E-state index is 12.2. The molecule has 0 aliphatic carbocycles. The summed E-state index contributed by atoms with van der Waals surface area (Å²) in [5.74, 6) is 1.10. The van der Waals surface area contributed by atoms with Crippen LogP contribution < -0.4 is 4.74 Å². The molecule has 1 saturated heterocycles. The first-order chi connectivity index (χ1) is 9.95. The van der Waals surface area contributed by atoms with Gasteiger partial charge in [-0.3, -0.25) is 0 Å². The van der Waals surface area contributed by atoms with Crippen molar-refractivity contribution in [2.45, 2.75) is 42.7 Å². The highest BCUT2D eigenvalue weighted by atomic mass is 79.9. The predicted molar refractivity (Wildman–Crippen MR) is 93.0 cm³/mol. The van der Waals surface area contributed by atoms with Gasteiger partial charge in [-0.1, -0.05) is 35.3 Å². The van der Waals surface area contributed by atoms with E-state index in [1.807, 2.05) is 18.2 Å². The molecule has 118 valence electrons. The molecule has 1 aliphatic rings. The Balaban J connectivity index is 2.19. The van der Waals surface area contributed by atoms with Crippen LogP contribution in [0.15, 0.2) is 22.7 Å². The predicted octanol–water partition coefficient (Wildman–Crippen LogP) is 4.64. The first kappa shape index (κ1) is 17.3. The normalized spacial score (nSPS) is 22.7. The Morgan fingerprint density at radius 1 is 1.38 bits per heavy atom. The Hall–Kier alpha value is -0.0700. The van der Waals surface area contributed by atoms with Gasteiger partial charge in [-0.25, -0.2) is 8.42 Å². The molecule has 0 spiro atoms. The summed E-state index contributed by atoms with van der Waals surface area (Å²) in [7, 11) is -3.00. The largest absolute Gasteiger partial charge is 0.492 e. The van der Waals surface area contributed by atoms with Crippen LogP contribution in [-0.2, 0) is 9.84 Å². The molecule has 6 heteroatoms. The maximum absolute atomic E-state index is 12.2. The van der Waals surface area contributed by atoms with Crippen molar-refractivity contribution in [3.05, 3.63) is 28.2 Å². The SMILES string of the molecule is CCCOc1ccc(C(Br)C2CCCCS2(=O)=O)cc1Br. The number of hydrogen-bond donors (Lipinski definition) is 0. The lowest BCUT2D eigenvalue weighted by molar-refractivity contribution is 0.315. The summed E-state index contributed by atoms with van der Waals surface area (Å²) in [5.41, 5.74) is 0.973. The molecule has 1 fully saturated rings. The molecule has 0 N–H and O–H groups in total. The molecule has 1 heterocycles. The molecule has 2 atom stereocenters. The van der Waals surface area contributed by atoms with Crippen molar-refractivity contribution in [3.63, 3.8) is 0 Å². The van der Waals surface area contributed by atoms with E-state index in [9.17, 15) is 8.42 Å². The number of halogens is 2. The minimum Gasteiger partial charge on any atom is -0.492 e. The topological polar surface area (TPSA) is 43.4 Å². The van der Waals surface area contributed by atoms with Gasteiger partial charge in [0.1, 0.15) is 5.75 Å².